The lowest BCUT2D eigenvalue weighted by atomic mass is 10.1. The maximum Gasteiger partial charge on any atom is 0.390 e. The molecule has 1 N–H and O–H groups in total. The number of hydrogen-bond donors (Lipinski definition) is 1. The van der Waals surface area contributed by atoms with Gasteiger partial charge in [-0.25, -0.2) is 4.39 Å². The van der Waals surface area contributed by atoms with E-state index in [0.29, 0.717) is 12.2 Å². The Hall–Kier alpha value is -2.77. The van der Waals surface area contributed by atoms with Crippen molar-refractivity contribution in [2.45, 2.75) is 26.9 Å². The molecule has 0 aliphatic carbocycles. The smallest absolute Gasteiger partial charge is 0.358 e. The van der Waals surface area contributed by atoms with E-state index in [1.807, 2.05) is 0 Å². The molecule has 0 saturated heterocycles. The molecule has 1 aromatic carbocycles. The summed E-state index contributed by atoms with van der Waals surface area (Å²) in [5, 5.41) is 17.3. The van der Waals surface area contributed by atoms with Gasteiger partial charge in [0.25, 0.3) is 0 Å². The molecule has 8 heteroatoms. The monoisotopic (exact) mass is 320 g/mol. The first-order chi connectivity index (χ1) is 10.9. The second kappa shape index (κ2) is 6.99. The molecule has 1 unspecified atom stereocenters. The van der Waals surface area contributed by atoms with Crippen molar-refractivity contribution < 1.29 is 14.1 Å². The Balaban J connectivity index is 1.92. The predicted octanol–water partition coefficient (Wildman–Crippen LogP) is 2.19. The summed E-state index contributed by atoms with van der Waals surface area (Å²) in [6, 6.07) is 7.22. The fourth-order valence-corrected chi connectivity index (χ4v) is 2.07. The molecule has 2 rings (SSSR count). The van der Waals surface area contributed by atoms with Crippen molar-refractivity contribution in [2.75, 3.05) is 0 Å². The fraction of sp³-hybridized carbons (Fsp3) is 0.333. The first-order valence-electron chi connectivity index (χ1n) is 7.08. The summed E-state index contributed by atoms with van der Waals surface area (Å²) in [5.41, 5.74) is 1.41. The fourth-order valence-electron chi connectivity index (χ4n) is 2.07. The third-order valence-electron chi connectivity index (χ3n) is 3.43. The van der Waals surface area contributed by atoms with Gasteiger partial charge in [-0.3, -0.25) is 4.79 Å². The van der Waals surface area contributed by atoms with Gasteiger partial charge < -0.3 is 15.4 Å². The molecule has 1 amide bonds. The van der Waals surface area contributed by atoms with Crippen molar-refractivity contribution in [1.29, 1.82) is 0 Å². The number of halogens is 1. The van der Waals surface area contributed by atoms with Gasteiger partial charge in [0.2, 0.25) is 5.91 Å². The zero-order valence-corrected chi connectivity index (χ0v) is 12.8. The zero-order valence-electron chi connectivity index (χ0n) is 12.8. The third kappa shape index (κ3) is 4.35. The summed E-state index contributed by atoms with van der Waals surface area (Å²) in [7, 11) is 0. The lowest BCUT2D eigenvalue weighted by Crippen LogP contribution is -2.31. The number of aromatic nitrogens is 2. The van der Waals surface area contributed by atoms with E-state index < -0.39 is 10.8 Å². The number of carbonyl (C=O) groups excluding carboxylic acids is 1. The molecular weight excluding hydrogens is 303 g/mol. The molecule has 0 saturated carbocycles. The van der Waals surface area contributed by atoms with Crippen molar-refractivity contribution in [3.8, 4) is 0 Å². The first-order valence-corrected chi connectivity index (χ1v) is 7.08. The number of aryl methyl sites for hydroxylation is 1. The van der Waals surface area contributed by atoms with Crippen LogP contribution in [0.3, 0.4) is 0 Å². The maximum absolute atomic E-state index is 12.8. The minimum atomic E-state index is -0.567. The van der Waals surface area contributed by atoms with E-state index in [2.05, 4.69) is 10.4 Å². The van der Waals surface area contributed by atoms with Crippen LogP contribution in [-0.2, 0) is 17.9 Å². The quantitative estimate of drug-likeness (QED) is 0.652. The minimum absolute atomic E-state index is 0.202. The van der Waals surface area contributed by atoms with Gasteiger partial charge in [0.05, 0.1) is 29.3 Å². The number of amides is 1. The van der Waals surface area contributed by atoms with Gasteiger partial charge in [-0.15, -0.1) is 0 Å². The molecule has 1 heterocycles. The van der Waals surface area contributed by atoms with Crippen LogP contribution in [0.15, 0.2) is 30.3 Å². The van der Waals surface area contributed by atoms with Crippen LogP contribution in [0.1, 0.15) is 18.2 Å². The molecule has 0 radical (unpaired) electrons. The molecule has 1 atom stereocenters. The molecule has 7 nitrogen and oxygen atoms in total. The highest BCUT2D eigenvalue weighted by atomic mass is 19.1. The summed E-state index contributed by atoms with van der Waals surface area (Å²) in [6.45, 7) is 3.95. The molecule has 0 fully saturated rings. The van der Waals surface area contributed by atoms with Crippen molar-refractivity contribution in [3.63, 3.8) is 0 Å². The number of rotatable bonds is 6. The van der Waals surface area contributed by atoms with Gasteiger partial charge in [-0.1, -0.05) is 19.1 Å². The Morgan fingerprint density at radius 3 is 2.65 bits per heavy atom. The second-order valence-electron chi connectivity index (χ2n) is 5.33. The van der Waals surface area contributed by atoms with Crippen molar-refractivity contribution in [3.05, 3.63) is 57.5 Å². The highest BCUT2D eigenvalue weighted by molar-refractivity contribution is 5.78. The molecule has 122 valence electrons. The van der Waals surface area contributed by atoms with Crippen LogP contribution in [0.4, 0.5) is 10.2 Å². The van der Waals surface area contributed by atoms with Gasteiger partial charge in [0, 0.05) is 6.54 Å². The lowest BCUT2D eigenvalue weighted by Gasteiger charge is -2.11. The predicted molar refractivity (Wildman–Crippen MR) is 81.0 cm³/mol. The Morgan fingerprint density at radius 2 is 2.09 bits per heavy atom. The summed E-state index contributed by atoms with van der Waals surface area (Å²) in [6.07, 6.45) is 0. The third-order valence-corrected chi connectivity index (χ3v) is 3.43. The number of carbonyl (C=O) groups is 1. The molecule has 0 bridgehead atoms. The normalized spacial score (nSPS) is 12.0. The summed E-state index contributed by atoms with van der Waals surface area (Å²) in [5.74, 6) is -1.17. The number of hydrogen-bond acceptors (Lipinski definition) is 4. The Bertz CT molecular complexity index is 712. The molecule has 0 aliphatic heterocycles. The van der Waals surface area contributed by atoms with Crippen LogP contribution < -0.4 is 5.32 Å². The van der Waals surface area contributed by atoms with Gasteiger partial charge in [0.15, 0.2) is 0 Å². The summed E-state index contributed by atoms with van der Waals surface area (Å²) >= 11 is 0. The number of nitrogens with zero attached hydrogens (tertiary/aromatic N) is 3. The van der Waals surface area contributed by atoms with E-state index in [1.165, 1.54) is 22.9 Å². The Morgan fingerprint density at radius 1 is 1.43 bits per heavy atom. The highest BCUT2D eigenvalue weighted by Crippen LogP contribution is 2.13. The first kappa shape index (κ1) is 16.6. The molecule has 2 aromatic rings. The second-order valence-corrected chi connectivity index (χ2v) is 5.33. The number of benzene rings is 1. The van der Waals surface area contributed by atoms with E-state index >= 15 is 0 Å². The largest absolute Gasteiger partial charge is 0.390 e. The van der Waals surface area contributed by atoms with Crippen LogP contribution in [0.5, 0.6) is 0 Å². The van der Waals surface area contributed by atoms with Gasteiger partial charge in [-0.2, -0.15) is 4.68 Å². The van der Waals surface area contributed by atoms with Crippen molar-refractivity contribution >= 4 is 11.7 Å². The maximum atomic E-state index is 12.8. The SMILES string of the molecule is Cc1cc([N+](=O)[O-])nn1CC(C)C(=O)NCc1ccc(F)cc1. The summed E-state index contributed by atoms with van der Waals surface area (Å²) < 4.78 is 14.3. The van der Waals surface area contributed by atoms with E-state index in [0.717, 1.165) is 5.56 Å². The van der Waals surface area contributed by atoms with Gasteiger partial charge in [-0.05, 0) is 29.5 Å². The highest BCUT2D eigenvalue weighted by Gasteiger charge is 2.20. The van der Waals surface area contributed by atoms with Crippen LogP contribution in [0, 0.1) is 28.8 Å². The van der Waals surface area contributed by atoms with Crippen LogP contribution in [-0.4, -0.2) is 20.6 Å². The van der Waals surface area contributed by atoms with Crippen molar-refractivity contribution in [1.82, 2.24) is 15.1 Å². The lowest BCUT2D eigenvalue weighted by molar-refractivity contribution is -0.389. The van der Waals surface area contributed by atoms with E-state index in [-0.39, 0.29) is 24.1 Å². The molecule has 1 aromatic heterocycles. The molecule has 0 aliphatic rings. The van der Waals surface area contributed by atoms with Gasteiger partial charge in [0.1, 0.15) is 5.82 Å². The minimum Gasteiger partial charge on any atom is -0.358 e. The van der Waals surface area contributed by atoms with E-state index in [4.69, 9.17) is 0 Å². The molecule has 0 spiro atoms. The molecular formula is C15H17FN4O3. The Labute approximate surface area is 132 Å². The van der Waals surface area contributed by atoms with Crippen LogP contribution in [0.2, 0.25) is 0 Å². The topological polar surface area (TPSA) is 90.1 Å². The van der Waals surface area contributed by atoms with E-state index in [1.54, 1.807) is 26.0 Å². The number of nitro groups is 1. The zero-order chi connectivity index (χ0) is 17.0. The van der Waals surface area contributed by atoms with Crippen molar-refractivity contribution in [2.24, 2.45) is 5.92 Å². The van der Waals surface area contributed by atoms with Gasteiger partial charge >= 0.3 is 5.82 Å². The standard InChI is InChI=1S/C15H17FN4O3/c1-10(9-19-11(2)7-14(18-19)20(22)23)15(21)17-8-12-3-5-13(16)6-4-12/h3-7,10H,8-9H2,1-2H3,(H,17,21). The number of nitrogens with one attached hydrogen (secondary N) is 1. The van der Waals surface area contributed by atoms with Crippen LogP contribution >= 0.6 is 0 Å². The summed E-state index contributed by atoms with van der Waals surface area (Å²) in [4.78, 5) is 22.2. The average Bonchev–Trinajstić information content (AvgIpc) is 2.87. The molecule has 23 heavy (non-hydrogen) atoms. The van der Waals surface area contributed by atoms with E-state index in [9.17, 15) is 19.3 Å². The average molecular weight is 320 g/mol. The van der Waals surface area contributed by atoms with Crippen LogP contribution in [0.25, 0.3) is 0 Å². The Kier molecular flexibility index (Phi) is 5.05.